The number of aromatic carboxylic acids is 1. The molecular formula is C10H5Cl2FN2O2S. The Kier molecular flexibility index (Phi) is 3.70. The second-order valence-electron chi connectivity index (χ2n) is 3.22. The van der Waals surface area contributed by atoms with Crippen molar-refractivity contribution in [2.24, 2.45) is 0 Å². The van der Waals surface area contributed by atoms with Gasteiger partial charge in [-0.15, -0.1) is 11.3 Å². The molecule has 0 aliphatic carbocycles. The lowest BCUT2D eigenvalue weighted by Crippen LogP contribution is -1.97. The average Bonchev–Trinajstić information content (AvgIpc) is 2.74. The Labute approximate surface area is 115 Å². The molecule has 0 atom stereocenters. The Morgan fingerprint density at radius 3 is 2.50 bits per heavy atom. The predicted molar refractivity (Wildman–Crippen MR) is 68.8 cm³/mol. The second kappa shape index (κ2) is 5.09. The fraction of sp³-hybridized carbons (Fsp3) is 0. The molecule has 0 fully saturated rings. The highest BCUT2D eigenvalue weighted by molar-refractivity contribution is 7.14. The van der Waals surface area contributed by atoms with Crippen LogP contribution in [0.2, 0.25) is 10.0 Å². The summed E-state index contributed by atoms with van der Waals surface area (Å²) in [5.41, 5.74) is 0.361. The summed E-state index contributed by atoms with van der Waals surface area (Å²) in [6.45, 7) is 0. The first kappa shape index (κ1) is 13.1. The lowest BCUT2D eigenvalue weighted by molar-refractivity contribution is 0.0691. The molecule has 94 valence electrons. The van der Waals surface area contributed by atoms with Gasteiger partial charge in [0.15, 0.2) is 16.6 Å². The standard InChI is InChI=1S/C10H5Cl2FN2O2S/c11-5-1-4(2-6(12)8(5)13)14-10-15-7(3-18-10)9(16)17/h1-3H,(H,14,15)(H,16,17). The lowest BCUT2D eigenvalue weighted by Gasteiger charge is -2.05. The minimum absolute atomic E-state index is 0.0678. The highest BCUT2D eigenvalue weighted by Gasteiger charge is 2.11. The molecule has 18 heavy (non-hydrogen) atoms. The molecule has 0 amide bonds. The zero-order chi connectivity index (χ0) is 13.3. The van der Waals surface area contributed by atoms with Gasteiger partial charge in [-0.1, -0.05) is 23.2 Å². The van der Waals surface area contributed by atoms with E-state index in [1.54, 1.807) is 0 Å². The van der Waals surface area contributed by atoms with Crippen molar-refractivity contribution in [3.05, 3.63) is 39.1 Å². The Hall–Kier alpha value is -1.37. The van der Waals surface area contributed by atoms with Gasteiger partial charge in [0.05, 0.1) is 10.0 Å². The molecule has 2 N–H and O–H groups in total. The molecule has 1 heterocycles. The molecule has 4 nitrogen and oxygen atoms in total. The number of nitrogens with zero attached hydrogens (tertiary/aromatic N) is 1. The van der Waals surface area contributed by atoms with Crippen molar-refractivity contribution in [2.45, 2.75) is 0 Å². The zero-order valence-corrected chi connectivity index (χ0v) is 10.9. The summed E-state index contributed by atoms with van der Waals surface area (Å²) >= 11 is 12.4. The van der Waals surface area contributed by atoms with E-state index >= 15 is 0 Å². The fourth-order valence-corrected chi connectivity index (χ4v) is 2.37. The maximum Gasteiger partial charge on any atom is 0.355 e. The molecule has 1 aromatic heterocycles. The molecule has 0 saturated heterocycles. The number of nitrogens with one attached hydrogen (secondary N) is 1. The molecule has 2 aromatic rings. The van der Waals surface area contributed by atoms with E-state index in [0.29, 0.717) is 10.8 Å². The number of carboxylic acid groups (broad SMARTS) is 1. The fourth-order valence-electron chi connectivity index (χ4n) is 1.18. The third kappa shape index (κ3) is 2.72. The van der Waals surface area contributed by atoms with Crippen molar-refractivity contribution < 1.29 is 14.3 Å². The van der Waals surface area contributed by atoms with Crippen molar-refractivity contribution in [3.63, 3.8) is 0 Å². The maximum atomic E-state index is 13.2. The highest BCUT2D eigenvalue weighted by atomic mass is 35.5. The van der Waals surface area contributed by atoms with Gasteiger partial charge >= 0.3 is 5.97 Å². The van der Waals surface area contributed by atoms with Gasteiger partial charge < -0.3 is 10.4 Å². The third-order valence-corrected chi connectivity index (χ3v) is 3.27. The van der Waals surface area contributed by atoms with Crippen LogP contribution in [0.4, 0.5) is 15.2 Å². The lowest BCUT2D eigenvalue weighted by atomic mass is 10.3. The van der Waals surface area contributed by atoms with Crippen LogP contribution < -0.4 is 5.32 Å². The molecule has 0 aliphatic heterocycles. The van der Waals surface area contributed by atoms with Gasteiger partial charge in [-0.3, -0.25) is 0 Å². The average molecular weight is 307 g/mol. The minimum Gasteiger partial charge on any atom is -0.476 e. The van der Waals surface area contributed by atoms with Crippen LogP contribution in [0.3, 0.4) is 0 Å². The number of hydrogen-bond donors (Lipinski definition) is 2. The van der Waals surface area contributed by atoms with E-state index in [1.165, 1.54) is 17.5 Å². The number of thiazole rings is 1. The Balaban J connectivity index is 2.25. The SMILES string of the molecule is O=C(O)c1csc(Nc2cc(Cl)c(F)c(Cl)c2)n1. The van der Waals surface area contributed by atoms with Gasteiger partial charge in [-0.2, -0.15) is 0 Å². The van der Waals surface area contributed by atoms with Crippen LogP contribution in [0.15, 0.2) is 17.5 Å². The summed E-state index contributed by atoms with van der Waals surface area (Å²) in [5, 5.41) is 13.0. The largest absolute Gasteiger partial charge is 0.476 e. The highest BCUT2D eigenvalue weighted by Crippen LogP contribution is 2.29. The summed E-state index contributed by atoms with van der Waals surface area (Å²) in [4.78, 5) is 14.5. The molecule has 0 aliphatic rings. The van der Waals surface area contributed by atoms with Crippen LogP contribution in [-0.2, 0) is 0 Å². The van der Waals surface area contributed by atoms with Crippen LogP contribution in [0.1, 0.15) is 10.5 Å². The maximum absolute atomic E-state index is 13.2. The van der Waals surface area contributed by atoms with E-state index in [1.807, 2.05) is 0 Å². The van der Waals surface area contributed by atoms with Crippen LogP contribution >= 0.6 is 34.5 Å². The van der Waals surface area contributed by atoms with Crippen LogP contribution in [0.5, 0.6) is 0 Å². The summed E-state index contributed by atoms with van der Waals surface area (Å²) in [5.74, 6) is -1.82. The van der Waals surface area contributed by atoms with Crippen molar-refractivity contribution in [3.8, 4) is 0 Å². The first-order chi connectivity index (χ1) is 8.47. The quantitative estimate of drug-likeness (QED) is 0.840. The van der Waals surface area contributed by atoms with Crippen molar-refractivity contribution in [1.29, 1.82) is 0 Å². The molecule has 0 radical (unpaired) electrons. The second-order valence-corrected chi connectivity index (χ2v) is 4.89. The molecule has 0 bridgehead atoms. The molecule has 8 heteroatoms. The van der Waals surface area contributed by atoms with Gasteiger partial charge in [-0.25, -0.2) is 14.2 Å². The first-order valence-electron chi connectivity index (χ1n) is 4.58. The summed E-state index contributed by atoms with van der Waals surface area (Å²) in [7, 11) is 0. The molecule has 0 unspecified atom stereocenters. The van der Waals surface area contributed by atoms with Crippen LogP contribution in [0, 0.1) is 5.82 Å². The number of anilines is 2. The number of carboxylic acids is 1. The number of benzene rings is 1. The van der Waals surface area contributed by atoms with Crippen molar-refractivity contribution >= 4 is 51.3 Å². The monoisotopic (exact) mass is 306 g/mol. The minimum atomic E-state index is -1.12. The van der Waals surface area contributed by atoms with Gasteiger partial charge in [0.25, 0.3) is 0 Å². The van der Waals surface area contributed by atoms with Crippen LogP contribution in [-0.4, -0.2) is 16.1 Å². The molecular weight excluding hydrogens is 302 g/mol. The van der Waals surface area contributed by atoms with E-state index in [2.05, 4.69) is 10.3 Å². The van der Waals surface area contributed by atoms with E-state index in [9.17, 15) is 9.18 Å². The van der Waals surface area contributed by atoms with E-state index < -0.39 is 11.8 Å². The Bertz CT molecular complexity index is 595. The molecule has 2 rings (SSSR count). The van der Waals surface area contributed by atoms with Gasteiger partial charge in [0.2, 0.25) is 0 Å². The van der Waals surface area contributed by atoms with E-state index in [-0.39, 0.29) is 15.7 Å². The van der Waals surface area contributed by atoms with Crippen LogP contribution in [0.25, 0.3) is 0 Å². The number of aromatic nitrogens is 1. The zero-order valence-electron chi connectivity index (χ0n) is 8.58. The number of halogens is 3. The van der Waals surface area contributed by atoms with Crippen molar-refractivity contribution in [1.82, 2.24) is 4.98 Å². The first-order valence-corrected chi connectivity index (χ1v) is 6.21. The van der Waals surface area contributed by atoms with Gasteiger partial charge in [0.1, 0.15) is 0 Å². The summed E-state index contributed by atoms with van der Waals surface area (Å²) in [6, 6.07) is 2.68. The molecule has 0 saturated carbocycles. The van der Waals surface area contributed by atoms with E-state index in [4.69, 9.17) is 28.3 Å². The smallest absolute Gasteiger partial charge is 0.355 e. The summed E-state index contributed by atoms with van der Waals surface area (Å²) < 4.78 is 13.2. The number of hydrogen-bond acceptors (Lipinski definition) is 4. The Morgan fingerprint density at radius 2 is 2.00 bits per heavy atom. The van der Waals surface area contributed by atoms with Gasteiger partial charge in [0, 0.05) is 11.1 Å². The predicted octanol–water partition coefficient (Wildman–Crippen LogP) is 4.03. The number of rotatable bonds is 3. The van der Waals surface area contributed by atoms with Crippen molar-refractivity contribution in [2.75, 3.05) is 5.32 Å². The van der Waals surface area contributed by atoms with E-state index in [0.717, 1.165) is 11.3 Å². The molecule has 1 aromatic carbocycles. The Morgan fingerprint density at radius 1 is 1.39 bits per heavy atom. The normalized spacial score (nSPS) is 10.4. The number of carbonyl (C=O) groups is 1. The summed E-state index contributed by atoms with van der Waals surface area (Å²) in [6.07, 6.45) is 0. The molecule has 0 spiro atoms. The third-order valence-electron chi connectivity index (χ3n) is 1.96. The van der Waals surface area contributed by atoms with Gasteiger partial charge in [-0.05, 0) is 12.1 Å². The topological polar surface area (TPSA) is 62.2 Å².